The average molecular weight is 174 g/mol. The molecule has 0 aliphatic heterocycles. The molecule has 0 spiro atoms. The molecular formula is C12H14O. The van der Waals surface area contributed by atoms with Crippen molar-refractivity contribution in [2.24, 2.45) is 0 Å². The number of benzene rings is 1. The normalized spacial score (nSPS) is 19.0. The molecule has 0 heterocycles. The summed E-state index contributed by atoms with van der Waals surface area (Å²) in [6.45, 7) is 2.97. The molecule has 0 saturated heterocycles. The molecule has 0 aromatic heterocycles. The first kappa shape index (κ1) is 8.52. The van der Waals surface area contributed by atoms with Crippen LogP contribution >= 0.6 is 0 Å². The molecule has 0 amide bonds. The van der Waals surface area contributed by atoms with E-state index in [2.05, 4.69) is 43.3 Å². The van der Waals surface area contributed by atoms with Crippen LogP contribution in [0.15, 0.2) is 30.3 Å². The molecule has 13 heavy (non-hydrogen) atoms. The lowest BCUT2D eigenvalue weighted by molar-refractivity contribution is 0.0879. The lowest BCUT2D eigenvalue weighted by atomic mass is 10.1. The summed E-state index contributed by atoms with van der Waals surface area (Å²) in [5, 5.41) is 0. The van der Waals surface area contributed by atoms with Crippen LogP contribution in [0.25, 0.3) is 6.08 Å². The van der Waals surface area contributed by atoms with Crippen molar-refractivity contribution in [2.45, 2.75) is 19.4 Å². The van der Waals surface area contributed by atoms with Gasteiger partial charge in [-0.05, 0) is 17.5 Å². The monoisotopic (exact) mass is 174 g/mol. The van der Waals surface area contributed by atoms with Crippen LogP contribution in [0.3, 0.4) is 0 Å². The standard InChI is InChI=1S/C12H14O/c1-2-9-13-12-8-7-10-5-3-4-6-11(10)12/h3-8,12H,2,9H2,1H3. The Morgan fingerprint density at radius 1 is 1.31 bits per heavy atom. The molecular weight excluding hydrogens is 160 g/mol. The largest absolute Gasteiger partial charge is 0.369 e. The van der Waals surface area contributed by atoms with Gasteiger partial charge in [-0.15, -0.1) is 0 Å². The van der Waals surface area contributed by atoms with Crippen molar-refractivity contribution in [1.29, 1.82) is 0 Å². The molecule has 1 atom stereocenters. The van der Waals surface area contributed by atoms with Crippen LogP contribution in [-0.4, -0.2) is 6.61 Å². The summed E-state index contributed by atoms with van der Waals surface area (Å²) in [7, 11) is 0. The van der Waals surface area contributed by atoms with E-state index in [-0.39, 0.29) is 6.10 Å². The summed E-state index contributed by atoms with van der Waals surface area (Å²) < 4.78 is 5.69. The Morgan fingerprint density at radius 3 is 3.00 bits per heavy atom. The van der Waals surface area contributed by atoms with E-state index in [1.54, 1.807) is 0 Å². The minimum Gasteiger partial charge on any atom is -0.369 e. The van der Waals surface area contributed by atoms with Crippen molar-refractivity contribution >= 4 is 6.08 Å². The fourth-order valence-electron chi connectivity index (χ4n) is 1.61. The van der Waals surface area contributed by atoms with E-state index in [1.807, 2.05) is 0 Å². The van der Waals surface area contributed by atoms with Crippen molar-refractivity contribution in [3.05, 3.63) is 41.5 Å². The van der Waals surface area contributed by atoms with E-state index in [4.69, 9.17) is 4.74 Å². The lowest BCUT2D eigenvalue weighted by Gasteiger charge is -2.11. The highest BCUT2D eigenvalue weighted by Gasteiger charge is 2.15. The van der Waals surface area contributed by atoms with Gasteiger partial charge in [0.15, 0.2) is 0 Å². The molecule has 1 aliphatic carbocycles. The van der Waals surface area contributed by atoms with Crippen LogP contribution < -0.4 is 0 Å². The van der Waals surface area contributed by atoms with Crippen molar-refractivity contribution in [1.82, 2.24) is 0 Å². The Labute approximate surface area is 79.0 Å². The van der Waals surface area contributed by atoms with Crippen LogP contribution in [0.5, 0.6) is 0 Å². The maximum Gasteiger partial charge on any atom is 0.102 e. The molecule has 0 saturated carbocycles. The average Bonchev–Trinajstić information content (AvgIpc) is 2.58. The number of ether oxygens (including phenoxy) is 1. The first-order chi connectivity index (χ1) is 6.42. The minimum absolute atomic E-state index is 0.191. The number of hydrogen-bond acceptors (Lipinski definition) is 1. The zero-order valence-electron chi connectivity index (χ0n) is 7.86. The van der Waals surface area contributed by atoms with Crippen LogP contribution in [0, 0.1) is 0 Å². The first-order valence-electron chi connectivity index (χ1n) is 4.80. The number of rotatable bonds is 3. The Kier molecular flexibility index (Phi) is 2.46. The molecule has 0 N–H and O–H groups in total. The van der Waals surface area contributed by atoms with Crippen molar-refractivity contribution in [3.63, 3.8) is 0 Å². The lowest BCUT2D eigenvalue weighted by Crippen LogP contribution is -2.00. The van der Waals surface area contributed by atoms with Gasteiger partial charge in [0.1, 0.15) is 6.10 Å². The zero-order valence-corrected chi connectivity index (χ0v) is 7.86. The Hall–Kier alpha value is -1.08. The van der Waals surface area contributed by atoms with Gasteiger partial charge in [0.25, 0.3) is 0 Å². The quantitative estimate of drug-likeness (QED) is 0.683. The predicted octanol–water partition coefficient (Wildman–Crippen LogP) is 3.18. The van der Waals surface area contributed by atoms with Gasteiger partial charge < -0.3 is 4.74 Å². The third-order valence-electron chi connectivity index (χ3n) is 2.25. The Bertz CT molecular complexity index is 315. The Morgan fingerprint density at radius 2 is 2.15 bits per heavy atom. The van der Waals surface area contributed by atoms with Crippen molar-refractivity contribution in [3.8, 4) is 0 Å². The topological polar surface area (TPSA) is 9.23 Å². The van der Waals surface area contributed by atoms with Gasteiger partial charge in [0.2, 0.25) is 0 Å². The molecule has 0 fully saturated rings. The summed E-state index contributed by atoms with van der Waals surface area (Å²) >= 11 is 0. The van der Waals surface area contributed by atoms with E-state index in [9.17, 15) is 0 Å². The van der Waals surface area contributed by atoms with Gasteiger partial charge in [-0.1, -0.05) is 43.3 Å². The molecule has 1 unspecified atom stereocenters. The second kappa shape index (κ2) is 3.75. The first-order valence-corrected chi connectivity index (χ1v) is 4.80. The van der Waals surface area contributed by atoms with Crippen molar-refractivity contribution in [2.75, 3.05) is 6.61 Å². The molecule has 0 bridgehead atoms. The van der Waals surface area contributed by atoms with Gasteiger partial charge in [-0.2, -0.15) is 0 Å². The number of hydrogen-bond donors (Lipinski definition) is 0. The predicted molar refractivity (Wildman–Crippen MR) is 54.5 cm³/mol. The minimum atomic E-state index is 0.191. The van der Waals surface area contributed by atoms with Crippen LogP contribution in [-0.2, 0) is 4.74 Å². The third-order valence-corrected chi connectivity index (χ3v) is 2.25. The van der Waals surface area contributed by atoms with Gasteiger partial charge in [0, 0.05) is 6.61 Å². The summed E-state index contributed by atoms with van der Waals surface area (Å²) in [5.41, 5.74) is 2.60. The van der Waals surface area contributed by atoms with Gasteiger partial charge in [-0.25, -0.2) is 0 Å². The third kappa shape index (κ3) is 1.65. The molecule has 1 aromatic carbocycles. The molecule has 68 valence electrons. The fraction of sp³-hybridized carbons (Fsp3) is 0.333. The molecule has 1 aliphatic rings. The summed E-state index contributed by atoms with van der Waals surface area (Å²) in [4.78, 5) is 0. The maximum atomic E-state index is 5.69. The SMILES string of the molecule is CCCOC1C=Cc2ccccc21. The summed E-state index contributed by atoms with van der Waals surface area (Å²) in [6, 6.07) is 8.39. The molecule has 1 aromatic rings. The molecule has 0 radical (unpaired) electrons. The van der Waals surface area contributed by atoms with E-state index < -0.39 is 0 Å². The zero-order chi connectivity index (χ0) is 9.10. The van der Waals surface area contributed by atoms with E-state index >= 15 is 0 Å². The number of fused-ring (bicyclic) bond motifs is 1. The van der Waals surface area contributed by atoms with E-state index in [1.165, 1.54) is 11.1 Å². The Balaban J connectivity index is 2.14. The highest BCUT2D eigenvalue weighted by atomic mass is 16.5. The van der Waals surface area contributed by atoms with Crippen LogP contribution in [0.1, 0.15) is 30.6 Å². The van der Waals surface area contributed by atoms with E-state index in [0.29, 0.717) is 0 Å². The maximum absolute atomic E-state index is 5.69. The second-order valence-corrected chi connectivity index (χ2v) is 3.28. The molecule has 2 rings (SSSR count). The molecule has 1 nitrogen and oxygen atoms in total. The second-order valence-electron chi connectivity index (χ2n) is 3.28. The van der Waals surface area contributed by atoms with Crippen LogP contribution in [0.2, 0.25) is 0 Å². The van der Waals surface area contributed by atoms with Crippen LogP contribution in [0.4, 0.5) is 0 Å². The van der Waals surface area contributed by atoms with Gasteiger partial charge in [-0.3, -0.25) is 0 Å². The van der Waals surface area contributed by atoms with Gasteiger partial charge in [0.05, 0.1) is 0 Å². The van der Waals surface area contributed by atoms with Crippen molar-refractivity contribution < 1.29 is 4.74 Å². The smallest absolute Gasteiger partial charge is 0.102 e. The highest BCUT2D eigenvalue weighted by molar-refractivity contribution is 5.61. The summed E-state index contributed by atoms with van der Waals surface area (Å²) in [6.07, 6.45) is 5.53. The highest BCUT2D eigenvalue weighted by Crippen LogP contribution is 2.30. The molecule has 1 heteroatoms. The van der Waals surface area contributed by atoms with Gasteiger partial charge >= 0.3 is 0 Å². The summed E-state index contributed by atoms with van der Waals surface area (Å²) in [5.74, 6) is 0. The van der Waals surface area contributed by atoms with E-state index in [0.717, 1.165) is 13.0 Å². The fourth-order valence-corrected chi connectivity index (χ4v) is 1.61.